The van der Waals surface area contributed by atoms with Gasteiger partial charge in [0.05, 0.1) is 14.2 Å². The molecule has 0 bridgehead atoms. The Morgan fingerprint density at radius 3 is 2.81 bits per heavy atom. The highest BCUT2D eigenvalue weighted by Gasteiger charge is 2.22. The molecule has 1 aliphatic rings. The van der Waals surface area contributed by atoms with E-state index in [1.807, 2.05) is 18.2 Å². The molecule has 2 rings (SSSR count). The Hall–Kier alpha value is -1.26. The summed E-state index contributed by atoms with van der Waals surface area (Å²) >= 11 is 0. The van der Waals surface area contributed by atoms with Crippen LogP contribution in [0.5, 0.6) is 11.5 Å². The quantitative estimate of drug-likeness (QED) is 0.876. The smallest absolute Gasteiger partial charge is 0.123 e. The molecule has 4 nitrogen and oxygen atoms in total. The molecule has 0 spiro atoms. The van der Waals surface area contributed by atoms with Gasteiger partial charge < -0.3 is 20.1 Å². The first kappa shape index (κ1) is 16.1. The molecular weight excluding hydrogens is 264 g/mol. The predicted molar refractivity (Wildman–Crippen MR) is 85.9 cm³/mol. The van der Waals surface area contributed by atoms with E-state index in [1.54, 1.807) is 14.2 Å². The molecule has 0 radical (unpaired) electrons. The van der Waals surface area contributed by atoms with Gasteiger partial charge in [-0.3, -0.25) is 0 Å². The molecule has 0 aromatic heterocycles. The average molecular weight is 292 g/mol. The molecule has 0 amide bonds. The number of benzene rings is 1. The minimum absolute atomic E-state index is 0.0503. The minimum atomic E-state index is -0.0503. The third-order valence-corrected chi connectivity index (χ3v) is 4.47. The number of rotatable bonds is 6. The fourth-order valence-corrected chi connectivity index (χ4v) is 3.16. The van der Waals surface area contributed by atoms with Gasteiger partial charge in [0.25, 0.3) is 0 Å². The largest absolute Gasteiger partial charge is 0.497 e. The fourth-order valence-electron chi connectivity index (χ4n) is 3.16. The second-order valence-corrected chi connectivity index (χ2v) is 5.89. The third-order valence-electron chi connectivity index (χ3n) is 4.47. The highest BCUT2D eigenvalue weighted by Crippen LogP contribution is 2.29. The molecule has 21 heavy (non-hydrogen) atoms. The van der Waals surface area contributed by atoms with Crippen LogP contribution in [-0.4, -0.2) is 38.8 Å². The number of hydrogen-bond acceptors (Lipinski definition) is 4. The molecule has 2 N–H and O–H groups in total. The zero-order chi connectivity index (χ0) is 15.2. The van der Waals surface area contributed by atoms with Crippen molar-refractivity contribution in [2.45, 2.75) is 32.2 Å². The summed E-state index contributed by atoms with van der Waals surface area (Å²) in [4.78, 5) is 2.49. The van der Waals surface area contributed by atoms with Gasteiger partial charge in [0.2, 0.25) is 0 Å². The van der Waals surface area contributed by atoms with Gasteiger partial charge in [-0.05, 0) is 43.5 Å². The van der Waals surface area contributed by atoms with E-state index in [-0.39, 0.29) is 6.04 Å². The lowest BCUT2D eigenvalue weighted by Gasteiger charge is -2.34. The summed E-state index contributed by atoms with van der Waals surface area (Å²) in [6.07, 6.45) is 3.89. The van der Waals surface area contributed by atoms with Crippen LogP contribution in [0.3, 0.4) is 0 Å². The second-order valence-electron chi connectivity index (χ2n) is 5.89. The maximum Gasteiger partial charge on any atom is 0.123 e. The summed E-state index contributed by atoms with van der Waals surface area (Å²) in [6, 6.07) is 5.78. The van der Waals surface area contributed by atoms with Crippen LogP contribution >= 0.6 is 0 Å². The summed E-state index contributed by atoms with van der Waals surface area (Å²) in [5.41, 5.74) is 7.46. The molecule has 1 aromatic rings. The molecule has 1 saturated heterocycles. The molecule has 1 fully saturated rings. The van der Waals surface area contributed by atoms with Gasteiger partial charge in [-0.25, -0.2) is 0 Å². The molecule has 0 saturated carbocycles. The number of likely N-dealkylation sites (tertiary alicyclic amines) is 1. The molecule has 1 heterocycles. The van der Waals surface area contributed by atoms with Crippen molar-refractivity contribution < 1.29 is 9.47 Å². The number of piperidine rings is 1. The predicted octanol–water partition coefficient (Wildman–Crippen LogP) is 2.83. The first-order valence-electron chi connectivity index (χ1n) is 7.87. The van der Waals surface area contributed by atoms with Gasteiger partial charge in [0.1, 0.15) is 11.5 Å². The molecule has 118 valence electrons. The van der Waals surface area contributed by atoms with Crippen molar-refractivity contribution in [3.05, 3.63) is 23.8 Å². The maximum absolute atomic E-state index is 6.44. The average Bonchev–Trinajstić information content (AvgIpc) is 2.54. The van der Waals surface area contributed by atoms with E-state index in [0.717, 1.165) is 42.6 Å². The van der Waals surface area contributed by atoms with E-state index >= 15 is 0 Å². The van der Waals surface area contributed by atoms with E-state index in [4.69, 9.17) is 15.2 Å². The molecule has 1 aliphatic heterocycles. The topological polar surface area (TPSA) is 47.7 Å². The molecule has 4 heteroatoms. The lowest BCUT2D eigenvalue weighted by Crippen LogP contribution is -2.39. The van der Waals surface area contributed by atoms with Crippen molar-refractivity contribution in [2.75, 3.05) is 33.9 Å². The van der Waals surface area contributed by atoms with Crippen LogP contribution in [0.4, 0.5) is 0 Å². The van der Waals surface area contributed by atoms with Gasteiger partial charge in [0, 0.05) is 24.7 Å². The summed E-state index contributed by atoms with van der Waals surface area (Å²) < 4.78 is 10.7. The number of nitrogens with two attached hydrogens (primary N) is 1. The number of nitrogens with zero attached hydrogens (tertiary/aromatic N) is 1. The zero-order valence-electron chi connectivity index (χ0n) is 13.5. The summed E-state index contributed by atoms with van der Waals surface area (Å²) in [5.74, 6) is 2.48. The third kappa shape index (κ3) is 4.11. The van der Waals surface area contributed by atoms with E-state index in [9.17, 15) is 0 Å². The summed E-state index contributed by atoms with van der Waals surface area (Å²) in [6.45, 7) is 5.46. The van der Waals surface area contributed by atoms with Crippen LogP contribution in [0, 0.1) is 5.92 Å². The number of methoxy groups -OCH3 is 2. The highest BCUT2D eigenvalue weighted by molar-refractivity contribution is 5.42. The van der Waals surface area contributed by atoms with E-state index in [2.05, 4.69) is 11.8 Å². The second kappa shape index (κ2) is 7.66. The van der Waals surface area contributed by atoms with Crippen molar-refractivity contribution in [3.63, 3.8) is 0 Å². The Kier molecular flexibility index (Phi) is 5.88. The minimum Gasteiger partial charge on any atom is -0.497 e. The van der Waals surface area contributed by atoms with Crippen LogP contribution < -0.4 is 15.2 Å². The van der Waals surface area contributed by atoms with E-state index < -0.39 is 0 Å². The van der Waals surface area contributed by atoms with Crippen molar-refractivity contribution in [1.29, 1.82) is 0 Å². The summed E-state index contributed by atoms with van der Waals surface area (Å²) in [7, 11) is 3.36. The van der Waals surface area contributed by atoms with Gasteiger partial charge in [-0.2, -0.15) is 0 Å². The molecular formula is C17H28N2O2. The molecule has 1 aromatic carbocycles. The molecule has 2 unspecified atom stereocenters. The first-order valence-corrected chi connectivity index (χ1v) is 7.87. The van der Waals surface area contributed by atoms with Gasteiger partial charge >= 0.3 is 0 Å². The van der Waals surface area contributed by atoms with E-state index in [0.29, 0.717) is 0 Å². The van der Waals surface area contributed by atoms with Crippen LogP contribution in [0.25, 0.3) is 0 Å². The summed E-state index contributed by atoms with van der Waals surface area (Å²) in [5, 5.41) is 0. The first-order chi connectivity index (χ1) is 10.2. The SMILES string of the molecule is CCC1CCCN(CC(N)c2cc(OC)ccc2OC)C1. The molecule has 0 aliphatic carbocycles. The van der Waals surface area contributed by atoms with Crippen molar-refractivity contribution in [3.8, 4) is 11.5 Å². The van der Waals surface area contributed by atoms with Crippen LogP contribution in [-0.2, 0) is 0 Å². The fraction of sp³-hybridized carbons (Fsp3) is 0.647. The van der Waals surface area contributed by atoms with Crippen LogP contribution in [0.2, 0.25) is 0 Å². The van der Waals surface area contributed by atoms with Crippen LogP contribution in [0.1, 0.15) is 37.8 Å². The van der Waals surface area contributed by atoms with Crippen molar-refractivity contribution >= 4 is 0 Å². The monoisotopic (exact) mass is 292 g/mol. The Bertz CT molecular complexity index is 450. The normalized spacial score (nSPS) is 21.0. The van der Waals surface area contributed by atoms with Crippen LogP contribution in [0.15, 0.2) is 18.2 Å². The Morgan fingerprint density at radius 1 is 1.33 bits per heavy atom. The Morgan fingerprint density at radius 2 is 2.14 bits per heavy atom. The standard InChI is InChI=1S/C17H28N2O2/c1-4-13-6-5-9-19(11-13)12-16(18)15-10-14(20-2)7-8-17(15)21-3/h7-8,10,13,16H,4-6,9,11-12,18H2,1-3H3. The van der Waals surface area contributed by atoms with Crippen molar-refractivity contribution in [2.24, 2.45) is 11.7 Å². The lowest BCUT2D eigenvalue weighted by atomic mass is 9.95. The maximum atomic E-state index is 6.44. The zero-order valence-corrected chi connectivity index (χ0v) is 13.5. The number of hydrogen-bond donors (Lipinski definition) is 1. The Labute approximate surface area is 128 Å². The number of ether oxygens (including phenoxy) is 2. The van der Waals surface area contributed by atoms with E-state index in [1.165, 1.54) is 19.3 Å². The van der Waals surface area contributed by atoms with Gasteiger partial charge in [-0.1, -0.05) is 13.3 Å². The van der Waals surface area contributed by atoms with Gasteiger partial charge in [-0.15, -0.1) is 0 Å². The van der Waals surface area contributed by atoms with Gasteiger partial charge in [0.15, 0.2) is 0 Å². The van der Waals surface area contributed by atoms with Crippen molar-refractivity contribution in [1.82, 2.24) is 4.90 Å². The lowest BCUT2D eigenvalue weighted by molar-refractivity contribution is 0.163. The Balaban J connectivity index is 2.06. The highest BCUT2D eigenvalue weighted by atomic mass is 16.5. The molecule has 2 atom stereocenters.